The van der Waals surface area contributed by atoms with Crippen molar-refractivity contribution in [3.63, 3.8) is 0 Å². The SMILES string of the molecule is Cc1cn(-c2nc(N3CCCCC3)nc3c(CN4CCN(c5ncc(C)s5)CC4)csc23)c(C)n1. The van der Waals surface area contributed by atoms with Crippen LogP contribution in [0.5, 0.6) is 0 Å². The summed E-state index contributed by atoms with van der Waals surface area (Å²) in [5.74, 6) is 2.80. The first-order chi connectivity index (χ1) is 17.0. The smallest absolute Gasteiger partial charge is 0.227 e. The van der Waals surface area contributed by atoms with Crippen molar-refractivity contribution in [2.75, 3.05) is 49.1 Å². The molecule has 2 fully saturated rings. The lowest BCUT2D eigenvalue weighted by Crippen LogP contribution is -2.45. The molecular weight excluding hydrogens is 476 g/mol. The first-order valence-electron chi connectivity index (χ1n) is 12.5. The normalized spacial score (nSPS) is 17.6. The van der Waals surface area contributed by atoms with E-state index in [4.69, 9.17) is 9.97 Å². The first kappa shape index (κ1) is 22.9. The van der Waals surface area contributed by atoms with Crippen LogP contribution in [0.1, 0.15) is 41.2 Å². The summed E-state index contributed by atoms with van der Waals surface area (Å²) in [6.07, 6.45) is 7.78. The Kier molecular flexibility index (Phi) is 6.19. The van der Waals surface area contributed by atoms with Gasteiger partial charge in [-0.25, -0.2) is 15.0 Å². The van der Waals surface area contributed by atoms with Gasteiger partial charge in [-0.1, -0.05) is 0 Å². The second kappa shape index (κ2) is 9.48. The number of rotatable bonds is 5. The van der Waals surface area contributed by atoms with E-state index in [2.05, 4.69) is 54.7 Å². The molecule has 4 aromatic rings. The summed E-state index contributed by atoms with van der Waals surface area (Å²) in [4.78, 5) is 28.1. The number of aryl methyl sites for hydroxylation is 3. The molecule has 2 saturated heterocycles. The summed E-state index contributed by atoms with van der Waals surface area (Å²) in [5, 5.41) is 3.44. The molecule has 8 nitrogen and oxygen atoms in total. The highest BCUT2D eigenvalue weighted by Gasteiger charge is 2.24. The Balaban J connectivity index is 1.30. The molecule has 10 heteroatoms. The lowest BCUT2D eigenvalue weighted by Gasteiger charge is -2.34. The van der Waals surface area contributed by atoms with Crippen LogP contribution >= 0.6 is 22.7 Å². The molecule has 0 spiro atoms. The fraction of sp³-hybridized carbons (Fsp3) is 0.520. The maximum Gasteiger partial charge on any atom is 0.227 e. The number of piperidine rings is 1. The molecule has 2 aliphatic heterocycles. The van der Waals surface area contributed by atoms with Crippen molar-refractivity contribution in [3.8, 4) is 5.82 Å². The zero-order valence-corrected chi connectivity index (χ0v) is 22.3. The highest BCUT2D eigenvalue weighted by molar-refractivity contribution is 7.17. The summed E-state index contributed by atoms with van der Waals surface area (Å²) in [6.45, 7) is 13.3. The summed E-state index contributed by atoms with van der Waals surface area (Å²) < 4.78 is 3.29. The molecule has 0 bridgehead atoms. The minimum atomic E-state index is 0.863. The summed E-state index contributed by atoms with van der Waals surface area (Å²) in [6, 6.07) is 0. The molecule has 184 valence electrons. The van der Waals surface area contributed by atoms with Crippen LogP contribution in [-0.4, -0.2) is 68.7 Å². The van der Waals surface area contributed by atoms with Gasteiger partial charge in [-0.3, -0.25) is 9.47 Å². The third-order valence-corrected chi connectivity index (χ3v) is 8.96. The van der Waals surface area contributed by atoms with Gasteiger partial charge in [-0.2, -0.15) is 4.98 Å². The number of thiophene rings is 1. The molecule has 0 aromatic carbocycles. The minimum Gasteiger partial charge on any atom is -0.346 e. The number of imidazole rings is 1. The number of nitrogens with zero attached hydrogens (tertiary/aromatic N) is 8. The van der Waals surface area contributed by atoms with E-state index in [0.717, 1.165) is 84.4 Å². The van der Waals surface area contributed by atoms with Gasteiger partial charge in [-0.05, 0) is 45.4 Å². The van der Waals surface area contributed by atoms with E-state index < -0.39 is 0 Å². The van der Waals surface area contributed by atoms with Crippen LogP contribution in [0.3, 0.4) is 0 Å². The maximum absolute atomic E-state index is 5.16. The van der Waals surface area contributed by atoms with E-state index in [-0.39, 0.29) is 0 Å². The van der Waals surface area contributed by atoms with E-state index in [9.17, 15) is 0 Å². The average molecular weight is 509 g/mol. The minimum absolute atomic E-state index is 0.863. The third kappa shape index (κ3) is 4.54. The predicted octanol–water partition coefficient (Wildman–Crippen LogP) is 4.57. The zero-order valence-electron chi connectivity index (χ0n) is 20.7. The molecule has 0 unspecified atom stereocenters. The van der Waals surface area contributed by atoms with Crippen molar-refractivity contribution in [2.24, 2.45) is 0 Å². The topological polar surface area (TPSA) is 66.2 Å². The largest absolute Gasteiger partial charge is 0.346 e. The Labute approximate surface area is 214 Å². The van der Waals surface area contributed by atoms with Gasteiger partial charge in [0.05, 0.1) is 15.9 Å². The molecule has 2 aliphatic rings. The van der Waals surface area contributed by atoms with Gasteiger partial charge in [0.15, 0.2) is 10.9 Å². The van der Waals surface area contributed by atoms with Crippen LogP contribution in [0.2, 0.25) is 0 Å². The van der Waals surface area contributed by atoms with Crippen LogP contribution in [-0.2, 0) is 6.54 Å². The number of hydrogen-bond donors (Lipinski definition) is 0. The molecule has 0 saturated carbocycles. The van der Waals surface area contributed by atoms with Crippen molar-refractivity contribution >= 4 is 44.0 Å². The standard InChI is InChI=1S/C25H32N8S2/c1-17-14-33(19(3)27-17)23-22-21(28-24(29-23)31-7-5-4-6-8-31)20(16-34-22)15-30-9-11-32(12-10-30)25-26-13-18(2)35-25/h13-14,16H,4-12,15H2,1-3H3. The fourth-order valence-corrected chi connectivity index (χ4v) is 6.90. The number of thiazole rings is 1. The number of aromatic nitrogens is 5. The maximum atomic E-state index is 5.16. The number of anilines is 2. The number of hydrogen-bond acceptors (Lipinski definition) is 9. The van der Waals surface area contributed by atoms with Crippen LogP contribution in [0.15, 0.2) is 17.8 Å². The Bertz CT molecular complexity index is 1320. The van der Waals surface area contributed by atoms with Gasteiger partial charge in [0.25, 0.3) is 0 Å². The number of fused-ring (bicyclic) bond motifs is 1. The van der Waals surface area contributed by atoms with Gasteiger partial charge in [0.2, 0.25) is 5.95 Å². The second-order valence-electron chi connectivity index (χ2n) is 9.65. The molecule has 0 aliphatic carbocycles. The highest BCUT2D eigenvalue weighted by atomic mass is 32.1. The summed E-state index contributed by atoms with van der Waals surface area (Å²) >= 11 is 3.55. The molecule has 0 amide bonds. The third-order valence-electron chi connectivity index (χ3n) is 6.97. The van der Waals surface area contributed by atoms with E-state index in [1.165, 1.54) is 29.7 Å². The Morgan fingerprint density at radius 1 is 0.886 bits per heavy atom. The molecule has 0 atom stereocenters. The van der Waals surface area contributed by atoms with Gasteiger partial charge in [0.1, 0.15) is 5.82 Å². The molecule has 6 rings (SSSR count). The van der Waals surface area contributed by atoms with Crippen molar-refractivity contribution in [1.82, 2.24) is 29.4 Å². The van der Waals surface area contributed by atoms with Crippen molar-refractivity contribution in [2.45, 2.75) is 46.6 Å². The molecule has 35 heavy (non-hydrogen) atoms. The molecule has 6 heterocycles. The van der Waals surface area contributed by atoms with Gasteiger partial charge < -0.3 is 9.80 Å². The zero-order chi connectivity index (χ0) is 23.9. The van der Waals surface area contributed by atoms with Crippen molar-refractivity contribution in [1.29, 1.82) is 0 Å². The van der Waals surface area contributed by atoms with Crippen LogP contribution in [0.25, 0.3) is 16.0 Å². The van der Waals surface area contributed by atoms with E-state index in [1.807, 2.05) is 13.1 Å². The van der Waals surface area contributed by atoms with Gasteiger partial charge >= 0.3 is 0 Å². The monoisotopic (exact) mass is 508 g/mol. The molecule has 4 aromatic heterocycles. The quantitative estimate of drug-likeness (QED) is 0.391. The summed E-state index contributed by atoms with van der Waals surface area (Å²) in [5.41, 5.74) is 3.42. The first-order valence-corrected chi connectivity index (χ1v) is 14.2. The Hall–Kier alpha value is -2.56. The van der Waals surface area contributed by atoms with Crippen LogP contribution < -0.4 is 9.80 Å². The Morgan fingerprint density at radius 3 is 2.37 bits per heavy atom. The Morgan fingerprint density at radius 2 is 1.69 bits per heavy atom. The van der Waals surface area contributed by atoms with Crippen LogP contribution in [0.4, 0.5) is 11.1 Å². The average Bonchev–Trinajstić information content (AvgIpc) is 3.58. The molecule has 0 N–H and O–H groups in total. The van der Waals surface area contributed by atoms with E-state index >= 15 is 0 Å². The lowest BCUT2D eigenvalue weighted by atomic mass is 10.1. The molecular formula is C25H32N8S2. The second-order valence-corrected chi connectivity index (χ2v) is 11.7. The lowest BCUT2D eigenvalue weighted by molar-refractivity contribution is 0.251. The van der Waals surface area contributed by atoms with Gasteiger partial charge in [0, 0.05) is 68.6 Å². The van der Waals surface area contributed by atoms with Crippen molar-refractivity contribution < 1.29 is 0 Å². The van der Waals surface area contributed by atoms with Crippen LogP contribution in [0, 0.1) is 20.8 Å². The van der Waals surface area contributed by atoms with Gasteiger partial charge in [-0.15, -0.1) is 22.7 Å². The predicted molar refractivity (Wildman–Crippen MR) is 144 cm³/mol. The summed E-state index contributed by atoms with van der Waals surface area (Å²) in [7, 11) is 0. The molecule has 0 radical (unpaired) electrons. The van der Waals surface area contributed by atoms with E-state index in [1.54, 1.807) is 22.7 Å². The fourth-order valence-electron chi connectivity index (χ4n) is 5.11. The number of piperazine rings is 1. The highest BCUT2D eigenvalue weighted by Crippen LogP contribution is 2.33. The van der Waals surface area contributed by atoms with Crippen molar-refractivity contribution in [3.05, 3.63) is 39.7 Å². The van der Waals surface area contributed by atoms with E-state index in [0.29, 0.717) is 0 Å².